The Hall–Kier alpha value is -1.60. The van der Waals surface area contributed by atoms with Crippen LogP contribution in [0.1, 0.15) is 12.5 Å². The monoisotopic (exact) mass is 272 g/mol. The molecule has 100 valence electrons. The normalized spacial score (nSPS) is 11.0. The molecule has 0 aliphatic carbocycles. The summed E-state index contributed by atoms with van der Waals surface area (Å²) < 4.78 is 26.7. The van der Waals surface area contributed by atoms with Crippen molar-refractivity contribution in [3.63, 3.8) is 0 Å². The van der Waals surface area contributed by atoms with Gasteiger partial charge in [0.1, 0.15) is 0 Å². The topological polar surface area (TPSA) is 98.5 Å². The molecule has 1 amide bonds. The van der Waals surface area contributed by atoms with E-state index in [1.54, 1.807) is 19.1 Å². The van der Waals surface area contributed by atoms with Crippen molar-refractivity contribution in [3.8, 4) is 0 Å². The van der Waals surface area contributed by atoms with Gasteiger partial charge in [0.05, 0.1) is 11.5 Å². The minimum atomic E-state index is -3.65. The van der Waals surface area contributed by atoms with E-state index in [1.807, 2.05) is 0 Å². The zero-order valence-corrected chi connectivity index (χ0v) is 10.9. The third-order valence-corrected chi connectivity index (χ3v) is 3.14. The van der Waals surface area contributed by atoms with Gasteiger partial charge in [-0.1, -0.05) is 12.1 Å². The van der Waals surface area contributed by atoms with E-state index < -0.39 is 16.1 Å². The third-order valence-electron chi connectivity index (χ3n) is 2.21. The smallest absolute Gasteiger partial charge is 0.407 e. The Balaban J connectivity index is 2.47. The summed E-state index contributed by atoms with van der Waals surface area (Å²) in [7, 11) is -3.65. The summed E-state index contributed by atoms with van der Waals surface area (Å²) in [5.41, 5.74) is 0.902. The van der Waals surface area contributed by atoms with Gasteiger partial charge < -0.3 is 10.1 Å². The van der Waals surface area contributed by atoms with Gasteiger partial charge in [0.25, 0.3) is 0 Å². The molecule has 0 radical (unpaired) electrons. The van der Waals surface area contributed by atoms with Crippen molar-refractivity contribution in [1.82, 2.24) is 5.32 Å². The Bertz CT molecular complexity index is 496. The fraction of sp³-hybridized carbons (Fsp3) is 0.364. The molecule has 1 aromatic rings. The number of sulfonamides is 1. The Morgan fingerprint density at radius 1 is 1.33 bits per heavy atom. The number of carbonyl (C=O) groups excluding carboxylic acids is 1. The van der Waals surface area contributed by atoms with Crippen LogP contribution in [0.4, 0.5) is 4.79 Å². The fourth-order valence-corrected chi connectivity index (χ4v) is 1.85. The van der Waals surface area contributed by atoms with Gasteiger partial charge in [0.15, 0.2) is 0 Å². The summed E-state index contributed by atoms with van der Waals surface area (Å²) in [6.45, 7) is 2.48. The average molecular weight is 272 g/mol. The molecule has 7 heteroatoms. The number of amides is 1. The third kappa shape index (κ3) is 4.72. The lowest BCUT2D eigenvalue weighted by Crippen LogP contribution is -2.26. The van der Waals surface area contributed by atoms with Crippen LogP contribution in [0.3, 0.4) is 0 Å². The van der Waals surface area contributed by atoms with Crippen LogP contribution in [-0.2, 0) is 21.2 Å². The number of nitrogens with two attached hydrogens (primary N) is 1. The standard InChI is InChI=1S/C11H16N2O4S/c1-2-17-11(14)13-8-7-9-3-5-10(6-4-9)18(12,15)16/h3-6H,2,7-8H2,1H3,(H,13,14)(H2,12,15,16). The van der Waals surface area contributed by atoms with Crippen LogP contribution >= 0.6 is 0 Å². The molecule has 1 aromatic carbocycles. The number of hydrogen-bond donors (Lipinski definition) is 2. The molecule has 0 aromatic heterocycles. The van der Waals surface area contributed by atoms with Crippen LogP contribution < -0.4 is 10.5 Å². The minimum Gasteiger partial charge on any atom is -0.450 e. The highest BCUT2D eigenvalue weighted by Gasteiger charge is 2.06. The second kappa shape index (κ2) is 6.36. The van der Waals surface area contributed by atoms with Crippen LogP contribution in [0.15, 0.2) is 29.2 Å². The Morgan fingerprint density at radius 3 is 2.44 bits per heavy atom. The summed E-state index contributed by atoms with van der Waals surface area (Å²) >= 11 is 0. The van der Waals surface area contributed by atoms with E-state index in [0.29, 0.717) is 19.6 Å². The average Bonchev–Trinajstić information content (AvgIpc) is 2.29. The van der Waals surface area contributed by atoms with Crippen LogP contribution in [-0.4, -0.2) is 27.7 Å². The fourth-order valence-electron chi connectivity index (χ4n) is 1.34. The van der Waals surface area contributed by atoms with Gasteiger partial charge in [-0.15, -0.1) is 0 Å². The van der Waals surface area contributed by atoms with E-state index in [1.165, 1.54) is 12.1 Å². The van der Waals surface area contributed by atoms with Crippen molar-refractivity contribution in [2.75, 3.05) is 13.2 Å². The van der Waals surface area contributed by atoms with E-state index in [4.69, 9.17) is 9.88 Å². The van der Waals surface area contributed by atoms with Crippen molar-refractivity contribution in [2.24, 2.45) is 5.14 Å². The van der Waals surface area contributed by atoms with Crippen LogP contribution in [0.2, 0.25) is 0 Å². The molecule has 0 aliphatic heterocycles. The Labute approximate surface area is 106 Å². The highest BCUT2D eigenvalue weighted by Crippen LogP contribution is 2.08. The van der Waals surface area contributed by atoms with Crippen molar-refractivity contribution in [1.29, 1.82) is 0 Å². The number of ether oxygens (including phenoxy) is 1. The molecule has 0 unspecified atom stereocenters. The molecule has 0 atom stereocenters. The van der Waals surface area contributed by atoms with E-state index in [-0.39, 0.29) is 4.90 Å². The molecule has 18 heavy (non-hydrogen) atoms. The number of nitrogens with one attached hydrogen (secondary N) is 1. The summed E-state index contributed by atoms with van der Waals surface area (Å²) in [5, 5.41) is 7.55. The number of rotatable bonds is 5. The number of primary sulfonamides is 1. The zero-order valence-electron chi connectivity index (χ0n) is 10.0. The summed E-state index contributed by atoms with van der Waals surface area (Å²) in [6, 6.07) is 6.20. The molecule has 6 nitrogen and oxygen atoms in total. The van der Waals surface area contributed by atoms with Crippen molar-refractivity contribution in [3.05, 3.63) is 29.8 Å². The predicted octanol–water partition coefficient (Wildman–Crippen LogP) is 0.623. The Kier molecular flexibility index (Phi) is 5.11. The van der Waals surface area contributed by atoms with Gasteiger partial charge in [-0.25, -0.2) is 18.4 Å². The Morgan fingerprint density at radius 2 is 1.94 bits per heavy atom. The van der Waals surface area contributed by atoms with Crippen LogP contribution in [0, 0.1) is 0 Å². The molecular weight excluding hydrogens is 256 g/mol. The van der Waals surface area contributed by atoms with Gasteiger partial charge in [-0.3, -0.25) is 0 Å². The molecule has 0 spiro atoms. The SMILES string of the molecule is CCOC(=O)NCCc1ccc(S(N)(=O)=O)cc1. The molecule has 0 saturated carbocycles. The predicted molar refractivity (Wildman–Crippen MR) is 66.5 cm³/mol. The van der Waals surface area contributed by atoms with E-state index in [0.717, 1.165) is 5.56 Å². The maximum Gasteiger partial charge on any atom is 0.407 e. The van der Waals surface area contributed by atoms with Gasteiger partial charge in [0, 0.05) is 6.54 Å². The first kappa shape index (κ1) is 14.5. The minimum absolute atomic E-state index is 0.0737. The highest BCUT2D eigenvalue weighted by atomic mass is 32.2. The largest absolute Gasteiger partial charge is 0.450 e. The molecule has 1 rings (SSSR count). The van der Waals surface area contributed by atoms with E-state index >= 15 is 0 Å². The molecule has 0 bridgehead atoms. The first-order chi connectivity index (χ1) is 8.43. The second-order valence-corrected chi connectivity index (χ2v) is 5.15. The molecule has 0 aliphatic rings. The maximum absolute atomic E-state index is 11.0. The van der Waals surface area contributed by atoms with Crippen LogP contribution in [0.5, 0.6) is 0 Å². The summed E-state index contributed by atoms with van der Waals surface area (Å²) in [6.07, 6.45) is 0.127. The number of alkyl carbamates (subject to hydrolysis) is 1. The van der Waals surface area contributed by atoms with Gasteiger partial charge in [-0.05, 0) is 31.0 Å². The lowest BCUT2D eigenvalue weighted by molar-refractivity contribution is 0.152. The molecular formula is C11H16N2O4S. The molecule has 0 fully saturated rings. The first-order valence-electron chi connectivity index (χ1n) is 5.46. The molecule has 0 heterocycles. The zero-order chi connectivity index (χ0) is 13.6. The van der Waals surface area contributed by atoms with Crippen molar-refractivity contribution < 1.29 is 17.9 Å². The van der Waals surface area contributed by atoms with E-state index in [2.05, 4.69) is 5.32 Å². The summed E-state index contributed by atoms with van der Waals surface area (Å²) in [5.74, 6) is 0. The lowest BCUT2D eigenvalue weighted by atomic mass is 10.1. The lowest BCUT2D eigenvalue weighted by Gasteiger charge is -2.05. The van der Waals surface area contributed by atoms with Crippen molar-refractivity contribution >= 4 is 16.1 Å². The van der Waals surface area contributed by atoms with Gasteiger partial charge >= 0.3 is 6.09 Å². The van der Waals surface area contributed by atoms with E-state index in [9.17, 15) is 13.2 Å². The number of carbonyl (C=O) groups is 1. The second-order valence-electron chi connectivity index (χ2n) is 3.59. The quantitative estimate of drug-likeness (QED) is 0.821. The number of benzene rings is 1. The van der Waals surface area contributed by atoms with Crippen LogP contribution in [0.25, 0.3) is 0 Å². The number of hydrogen-bond acceptors (Lipinski definition) is 4. The van der Waals surface area contributed by atoms with Crippen molar-refractivity contribution in [2.45, 2.75) is 18.2 Å². The molecule has 0 saturated heterocycles. The summed E-state index contributed by atoms with van der Waals surface area (Å²) in [4.78, 5) is 11.1. The molecule has 3 N–H and O–H groups in total. The first-order valence-corrected chi connectivity index (χ1v) is 7.00. The van der Waals surface area contributed by atoms with Gasteiger partial charge in [-0.2, -0.15) is 0 Å². The highest BCUT2D eigenvalue weighted by molar-refractivity contribution is 7.89. The van der Waals surface area contributed by atoms with Gasteiger partial charge in [0.2, 0.25) is 10.0 Å². The maximum atomic E-state index is 11.0.